The van der Waals surface area contributed by atoms with Gasteiger partial charge in [-0.05, 0) is 31.5 Å². The number of nitrogens with one attached hydrogen (secondary N) is 1. The fraction of sp³-hybridized carbons (Fsp3) is 0.182. The third-order valence-corrected chi connectivity index (χ3v) is 3.76. The van der Waals surface area contributed by atoms with Crippen molar-refractivity contribution in [2.45, 2.75) is 13.8 Å². The number of aryl methyl sites for hydroxylation is 2. The smallest absolute Gasteiger partial charge is 0.257 e. The molecule has 1 N–H and O–H groups in total. The molecule has 0 unspecified atom stereocenters. The van der Waals surface area contributed by atoms with Gasteiger partial charge in [0.25, 0.3) is 5.91 Å². The number of halogens is 1. The molecule has 17 heavy (non-hydrogen) atoms. The van der Waals surface area contributed by atoms with Crippen LogP contribution in [0.1, 0.15) is 21.7 Å². The summed E-state index contributed by atoms with van der Waals surface area (Å²) in [5.74, 6) is 0.484. The quantitative estimate of drug-likeness (QED) is 0.926. The molecule has 1 amide bonds. The average Bonchev–Trinajstić information content (AvgIpc) is 2.68. The molecule has 1 aromatic heterocycles. The molecule has 0 saturated heterocycles. The van der Waals surface area contributed by atoms with Crippen molar-refractivity contribution in [3.63, 3.8) is 0 Å². The van der Waals surface area contributed by atoms with Crippen molar-refractivity contribution in [3.05, 3.63) is 39.6 Å². The van der Waals surface area contributed by atoms with E-state index in [1.54, 1.807) is 19.1 Å². The summed E-state index contributed by atoms with van der Waals surface area (Å²) in [6.45, 7) is 3.76. The fourth-order valence-corrected chi connectivity index (χ4v) is 2.20. The molecule has 0 saturated carbocycles. The monoisotopic (exact) mass is 311 g/mol. The largest absolute Gasteiger partial charge is 0.297 e. The van der Waals surface area contributed by atoms with E-state index in [1.807, 2.05) is 13.0 Å². The Bertz CT molecular complexity index is 568. The van der Waals surface area contributed by atoms with Gasteiger partial charge in [-0.1, -0.05) is 22.0 Å². The third-order valence-electron chi connectivity index (χ3n) is 2.18. The van der Waals surface area contributed by atoms with Crippen molar-refractivity contribution >= 4 is 38.5 Å². The van der Waals surface area contributed by atoms with Gasteiger partial charge in [0.1, 0.15) is 5.82 Å². The molecule has 0 atom stereocenters. The number of hydrogen-bond acceptors (Lipinski definition) is 4. The SMILES string of the molecule is Cc1nsc(NC(=O)c2ccc(C)c(Br)c2)n1. The van der Waals surface area contributed by atoms with E-state index in [2.05, 4.69) is 30.6 Å². The maximum atomic E-state index is 11.9. The summed E-state index contributed by atoms with van der Waals surface area (Å²) >= 11 is 4.57. The second-order valence-electron chi connectivity index (χ2n) is 3.56. The van der Waals surface area contributed by atoms with E-state index >= 15 is 0 Å². The summed E-state index contributed by atoms with van der Waals surface area (Å²) in [5.41, 5.74) is 1.68. The van der Waals surface area contributed by atoms with Crippen LogP contribution in [-0.4, -0.2) is 15.3 Å². The maximum absolute atomic E-state index is 11.9. The molecule has 88 valence electrons. The minimum atomic E-state index is -0.179. The van der Waals surface area contributed by atoms with E-state index < -0.39 is 0 Å². The van der Waals surface area contributed by atoms with Gasteiger partial charge in [0.2, 0.25) is 5.13 Å². The zero-order chi connectivity index (χ0) is 12.4. The molecule has 0 spiro atoms. The van der Waals surface area contributed by atoms with Crippen LogP contribution in [0.2, 0.25) is 0 Å². The molecule has 2 aromatic rings. The van der Waals surface area contributed by atoms with Crippen LogP contribution in [0.4, 0.5) is 5.13 Å². The normalized spacial score (nSPS) is 10.3. The van der Waals surface area contributed by atoms with E-state index in [0.717, 1.165) is 10.0 Å². The lowest BCUT2D eigenvalue weighted by Crippen LogP contribution is -2.11. The van der Waals surface area contributed by atoms with Crippen LogP contribution in [0.25, 0.3) is 0 Å². The molecule has 1 aromatic carbocycles. The van der Waals surface area contributed by atoms with Crippen LogP contribution < -0.4 is 5.32 Å². The number of nitrogens with zero attached hydrogens (tertiary/aromatic N) is 2. The number of anilines is 1. The Balaban J connectivity index is 2.17. The topological polar surface area (TPSA) is 54.9 Å². The van der Waals surface area contributed by atoms with Gasteiger partial charge in [0, 0.05) is 21.6 Å². The van der Waals surface area contributed by atoms with Gasteiger partial charge >= 0.3 is 0 Å². The molecule has 2 rings (SSSR count). The predicted octanol–water partition coefficient (Wildman–Crippen LogP) is 3.17. The first-order chi connectivity index (χ1) is 8.06. The lowest BCUT2D eigenvalue weighted by atomic mass is 10.1. The van der Waals surface area contributed by atoms with Gasteiger partial charge in [-0.25, -0.2) is 4.98 Å². The summed E-state index contributed by atoms with van der Waals surface area (Å²) < 4.78 is 4.92. The van der Waals surface area contributed by atoms with Gasteiger partial charge in [0.15, 0.2) is 0 Å². The zero-order valence-electron chi connectivity index (χ0n) is 9.32. The lowest BCUT2D eigenvalue weighted by molar-refractivity contribution is 0.102. The van der Waals surface area contributed by atoms with Gasteiger partial charge in [-0.2, -0.15) is 4.37 Å². The lowest BCUT2D eigenvalue weighted by Gasteiger charge is -2.03. The first-order valence-corrected chi connectivity index (χ1v) is 6.51. The molecule has 4 nitrogen and oxygen atoms in total. The summed E-state index contributed by atoms with van der Waals surface area (Å²) in [6, 6.07) is 5.46. The summed E-state index contributed by atoms with van der Waals surface area (Å²) in [4.78, 5) is 16.0. The Kier molecular flexibility index (Phi) is 3.54. The Morgan fingerprint density at radius 2 is 2.18 bits per heavy atom. The van der Waals surface area contributed by atoms with Crippen LogP contribution in [0.3, 0.4) is 0 Å². The van der Waals surface area contributed by atoms with E-state index in [9.17, 15) is 4.79 Å². The Morgan fingerprint density at radius 3 is 2.76 bits per heavy atom. The third kappa shape index (κ3) is 2.89. The molecule has 0 bridgehead atoms. The Hall–Kier alpha value is -1.27. The minimum absolute atomic E-state index is 0.179. The molecular weight excluding hydrogens is 302 g/mol. The first kappa shape index (κ1) is 12.2. The van der Waals surface area contributed by atoms with Crippen molar-refractivity contribution in [2.24, 2.45) is 0 Å². The average molecular weight is 312 g/mol. The summed E-state index contributed by atoms with van der Waals surface area (Å²) in [5, 5.41) is 3.23. The van der Waals surface area contributed by atoms with Crippen LogP contribution in [0, 0.1) is 13.8 Å². The molecule has 0 radical (unpaired) electrons. The highest BCUT2D eigenvalue weighted by atomic mass is 79.9. The van der Waals surface area contributed by atoms with Gasteiger partial charge in [0.05, 0.1) is 0 Å². The number of carbonyl (C=O) groups excluding carboxylic acids is 1. The second-order valence-corrected chi connectivity index (χ2v) is 5.17. The van der Waals surface area contributed by atoms with E-state index in [0.29, 0.717) is 16.5 Å². The Morgan fingerprint density at radius 1 is 1.41 bits per heavy atom. The zero-order valence-corrected chi connectivity index (χ0v) is 11.7. The van der Waals surface area contributed by atoms with Crippen molar-refractivity contribution in [1.82, 2.24) is 9.36 Å². The summed E-state index contributed by atoms with van der Waals surface area (Å²) in [7, 11) is 0. The van der Waals surface area contributed by atoms with Gasteiger partial charge in [-0.3, -0.25) is 10.1 Å². The summed E-state index contributed by atoms with van der Waals surface area (Å²) in [6.07, 6.45) is 0. The van der Waals surface area contributed by atoms with Crippen LogP contribution >= 0.6 is 27.5 Å². The second kappa shape index (κ2) is 4.93. The number of carbonyl (C=O) groups is 1. The van der Waals surface area contributed by atoms with Crippen molar-refractivity contribution < 1.29 is 4.79 Å². The predicted molar refractivity (Wildman–Crippen MR) is 71.5 cm³/mol. The van der Waals surface area contributed by atoms with E-state index in [-0.39, 0.29) is 5.91 Å². The van der Waals surface area contributed by atoms with Crippen LogP contribution in [0.5, 0.6) is 0 Å². The molecular formula is C11H10BrN3OS. The van der Waals surface area contributed by atoms with Crippen molar-refractivity contribution in [2.75, 3.05) is 5.32 Å². The number of hydrogen-bond donors (Lipinski definition) is 1. The molecule has 0 aliphatic rings. The van der Waals surface area contributed by atoms with Gasteiger partial charge in [-0.15, -0.1) is 0 Å². The number of rotatable bonds is 2. The minimum Gasteiger partial charge on any atom is -0.297 e. The standard InChI is InChI=1S/C11H10BrN3OS/c1-6-3-4-8(5-9(6)12)10(16)14-11-13-7(2)15-17-11/h3-5H,1-2H3,(H,13,14,15,16). The van der Waals surface area contributed by atoms with E-state index in [1.165, 1.54) is 11.5 Å². The highest BCUT2D eigenvalue weighted by molar-refractivity contribution is 9.10. The highest BCUT2D eigenvalue weighted by Gasteiger charge is 2.09. The molecule has 0 aliphatic heterocycles. The maximum Gasteiger partial charge on any atom is 0.257 e. The molecule has 1 heterocycles. The highest BCUT2D eigenvalue weighted by Crippen LogP contribution is 2.19. The van der Waals surface area contributed by atoms with Gasteiger partial charge < -0.3 is 0 Å². The fourth-order valence-electron chi connectivity index (χ4n) is 1.25. The van der Waals surface area contributed by atoms with Crippen LogP contribution in [-0.2, 0) is 0 Å². The van der Waals surface area contributed by atoms with Crippen LogP contribution in [0.15, 0.2) is 22.7 Å². The molecule has 0 aliphatic carbocycles. The Labute approximate surface area is 111 Å². The number of benzene rings is 1. The number of aromatic nitrogens is 2. The molecule has 0 fully saturated rings. The first-order valence-electron chi connectivity index (χ1n) is 4.94. The number of amides is 1. The van der Waals surface area contributed by atoms with Crippen molar-refractivity contribution in [1.29, 1.82) is 0 Å². The van der Waals surface area contributed by atoms with Crippen molar-refractivity contribution in [3.8, 4) is 0 Å². The molecule has 6 heteroatoms. The van der Waals surface area contributed by atoms with E-state index in [4.69, 9.17) is 0 Å².